The van der Waals surface area contributed by atoms with E-state index < -0.39 is 5.92 Å². The summed E-state index contributed by atoms with van der Waals surface area (Å²) in [5.74, 6) is -0.0216. The third-order valence-electron chi connectivity index (χ3n) is 4.90. The molecule has 0 N–H and O–H groups in total. The second-order valence-corrected chi connectivity index (χ2v) is 6.61. The van der Waals surface area contributed by atoms with E-state index in [0.29, 0.717) is 0 Å². The van der Waals surface area contributed by atoms with Gasteiger partial charge >= 0.3 is 0 Å². The van der Waals surface area contributed by atoms with Crippen LogP contribution in [0.1, 0.15) is 23.5 Å². The van der Waals surface area contributed by atoms with Crippen LogP contribution in [0.2, 0.25) is 0 Å². The molecule has 1 aromatic heterocycles. The van der Waals surface area contributed by atoms with Crippen LogP contribution in [0.25, 0.3) is 16.6 Å². The van der Waals surface area contributed by atoms with E-state index in [9.17, 15) is 9.59 Å². The molecule has 26 heavy (non-hydrogen) atoms. The highest BCUT2D eigenvalue weighted by Gasteiger charge is 2.38. The van der Waals surface area contributed by atoms with Crippen LogP contribution in [0.4, 0.5) is 0 Å². The largest absolute Gasteiger partial charge is 0.497 e. The number of aryl methyl sites for hydroxylation is 1. The van der Waals surface area contributed by atoms with E-state index in [2.05, 4.69) is 5.10 Å². The van der Waals surface area contributed by atoms with Gasteiger partial charge in [-0.25, -0.2) is 4.68 Å². The fourth-order valence-electron chi connectivity index (χ4n) is 3.41. The zero-order valence-corrected chi connectivity index (χ0v) is 14.9. The first kappa shape index (κ1) is 16.3. The predicted molar refractivity (Wildman–Crippen MR) is 97.5 cm³/mol. The summed E-state index contributed by atoms with van der Waals surface area (Å²) in [5.41, 5.74) is 3.51. The van der Waals surface area contributed by atoms with E-state index in [0.717, 1.165) is 33.5 Å². The van der Waals surface area contributed by atoms with Crippen LogP contribution in [0, 0.1) is 6.92 Å². The normalized spacial score (nSPS) is 17.3. The number of benzene rings is 2. The third-order valence-corrected chi connectivity index (χ3v) is 4.90. The number of aromatic nitrogens is 2. The van der Waals surface area contributed by atoms with Crippen molar-refractivity contribution in [3.63, 3.8) is 0 Å². The zero-order valence-electron chi connectivity index (χ0n) is 14.9. The smallest absolute Gasteiger partial charge is 0.237 e. The van der Waals surface area contributed by atoms with Gasteiger partial charge in [0.1, 0.15) is 5.75 Å². The lowest BCUT2D eigenvalue weighted by Crippen LogP contribution is -2.25. The molecule has 6 nitrogen and oxygen atoms in total. The maximum absolute atomic E-state index is 12.5. The van der Waals surface area contributed by atoms with Crippen molar-refractivity contribution in [1.82, 2.24) is 14.7 Å². The van der Waals surface area contributed by atoms with Crippen molar-refractivity contribution in [2.75, 3.05) is 14.2 Å². The Kier molecular flexibility index (Phi) is 3.76. The van der Waals surface area contributed by atoms with Gasteiger partial charge < -0.3 is 4.74 Å². The average molecular weight is 349 g/mol. The van der Waals surface area contributed by atoms with Crippen molar-refractivity contribution in [2.24, 2.45) is 0 Å². The maximum Gasteiger partial charge on any atom is 0.237 e. The van der Waals surface area contributed by atoms with Gasteiger partial charge in [-0.1, -0.05) is 17.7 Å². The van der Waals surface area contributed by atoms with Crippen molar-refractivity contribution in [3.8, 4) is 11.4 Å². The van der Waals surface area contributed by atoms with E-state index in [1.54, 1.807) is 11.8 Å². The standard InChI is InChI=1S/C20H19N3O3/c1-12-4-7-18(15(8-12)16-10-19(24)22(2)20(16)25)23-11-13-9-14(26-3)5-6-17(13)21-23/h4-9,11,16H,10H2,1-3H3. The Morgan fingerprint density at radius 3 is 2.65 bits per heavy atom. The monoisotopic (exact) mass is 349 g/mol. The molecular formula is C20H19N3O3. The molecule has 1 aliphatic heterocycles. The second-order valence-electron chi connectivity index (χ2n) is 6.61. The quantitative estimate of drug-likeness (QED) is 0.682. The van der Waals surface area contributed by atoms with Crippen LogP contribution in [0.5, 0.6) is 5.75 Å². The molecule has 4 rings (SSSR count). The molecule has 0 aliphatic carbocycles. The molecule has 2 amide bonds. The number of ether oxygens (including phenoxy) is 1. The van der Waals surface area contributed by atoms with Gasteiger partial charge in [-0.2, -0.15) is 5.10 Å². The van der Waals surface area contributed by atoms with Crippen LogP contribution in [0.3, 0.4) is 0 Å². The number of nitrogens with zero attached hydrogens (tertiary/aromatic N) is 3. The Morgan fingerprint density at radius 2 is 1.96 bits per heavy atom. The first-order valence-corrected chi connectivity index (χ1v) is 8.42. The maximum atomic E-state index is 12.5. The summed E-state index contributed by atoms with van der Waals surface area (Å²) in [4.78, 5) is 25.7. The van der Waals surface area contributed by atoms with Crippen molar-refractivity contribution >= 4 is 22.7 Å². The number of likely N-dealkylation sites (tertiary alicyclic amines) is 1. The second kappa shape index (κ2) is 5.98. The van der Waals surface area contributed by atoms with Gasteiger partial charge in [0, 0.05) is 25.1 Å². The fourth-order valence-corrected chi connectivity index (χ4v) is 3.41. The minimum absolute atomic E-state index is 0.150. The number of likely N-dealkylation sites (N-methyl/N-ethyl adjacent to an activating group) is 1. The lowest BCUT2D eigenvalue weighted by atomic mass is 9.94. The summed E-state index contributed by atoms with van der Waals surface area (Å²) in [6.45, 7) is 1.97. The first-order valence-electron chi connectivity index (χ1n) is 8.42. The van der Waals surface area contributed by atoms with Gasteiger partial charge in [0.2, 0.25) is 11.8 Å². The number of hydrogen-bond donors (Lipinski definition) is 0. The van der Waals surface area contributed by atoms with Crippen molar-refractivity contribution < 1.29 is 14.3 Å². The average Bonchev–Trinajstić information content (AvgIpc) is 3.17. The van der Waals surface area contributed by atoms with Gasteiger partial charge in [-0.3, -0.25) is 14.5 Å². The lowest BCUT2D eigenvalue weighted by Gasteiger charge is -2.15. The zero-order chi connectivity index (χ0) is 18.4. The molecule has 132 valence electrons. The van der Waals surface area contributed by atoms with Crippen LogP contribution in [-0.4, -0.2) is 40.7 Å². The highest BCUT2D eigenvalue weighted by atomic mass is 16.5. The number of carbonyl (C=O) groups excluding carboxylic acids is 2. The summed E-state index contributed by atoms with van der Waals surface area (Å²) >= 11 is 0. The summed E-state index contributed by atoms with van der Waals surface area (Å²) in [6, 6.07) is 11.6. The molecule has 3 aromatic rings. The number of imide groups is 1. The predicted octanol–water partition coefficient (Wildman–Crippen LogP) is 2.81. The summed E-state index contributed by atoms with van der Waals surface area (Å²) < 4.78 is 7.04. The SMILES string of the molecule is COc1ccc2nn(-c3ccc(C)cc3C3CC(=O)N(C)C3=O)cc2c1. The molecule has 6 heteroatoms. The molecule has 0 radical (unpaired) electrons. The van der Waals surface area contributed by atoms with Crippen molar-refractivity contribution in [2.45, 2.75) is 19.3 Å². The van der Waals surface area contributed by atoms with E-state index in [-0.39, 0.29) is 18.2 Å². The fraction of sp³-hybridized carbons (Fsp3) is 0.250. The third kappa shape index (κ3) is 2.54. The summed E-state index contributed by atoms with van der Waals surface area (Å²) in [7, 11) is 3.16. The summed E-state index contributed by atoms with van der Waals surface area (Å²) in [6.07, 6.45) is 2.11. The van der Waals surface area contributed by atoms with Gasteiger partial charge in [-0.05, 0) is 36.8 Å². The van der Waals surface area contributed by atoms with Crippen LogP contribution < -0.4 is 4.74 Å². The molecule has 1 atom stereocenters. The van der Waals surface area contributed by atoms with Gasteiger partial charge in [0.05, 0.1) is 24.2 Å². The molecule has 1 saturated heterocycles. The highest BCUT2D eigenvalue weighted by Crippen LogP contribution is 2.34. The first-order chi connectivity index (χ1) is 12.5. The molecular weight excluding hydrogens is 330 g/mol. The number of rotatable bonds is 3. The number of amides is 2. The Bertz CT molecular complexity index is 1040. The molecule has 2 heterocycles. The molecule has 0 bridgehead atoms. The Hall–Kier alpha value is -3.15. The van der Waals surface area contributed by atoms with E-state index in [4.69, 9.17) is 4.74 Å². The van der Waals surface area contributed by atoms with E-state index in [1.165, 1.54) is 11.9 Å². The van der Waals surface area contributed by atoms with Gasteiger partial charge in [0.15, 0.2) is 0 Å². The van der Waals surface area contributed by atoms with E-state index >= 15 is 0 Å². The number of fused-ring (bicyclic) bond motifs is 1. The number of methoxy groups -OCH3 is 1. The number of hydrogen-bond acceptors (Lipinski definition) is 4. The van der Waals surface area contributed by atoms with Crippen LogP contribution >= 0.6 is 0 Å². The van der Waals surface area contributed by atoms with Crippen molar-refractivity contribution in [3.05, 3.63) is 53.7 Å². The molecule has 1 aliphatic rings. The Labute approximate surface area is 151 Å². The molecule has 0 saturated carbocycles. The van der Waals surface area contributed by atoms with Gasteiger partial charge in [0.25, 0.3) is 0 Å². The van der Waals surface area contributed by atoms with E-state index in [1.807, 2.05) is 49.5 Å². The van der Waals surface area contributed by atoms with Crippen LogP contribution in [-0.2, 0) is 9.59 Å². The minimum atomic E-state index is -0.468. The molecule has 1 fully saturated rings. The Balaban J connectivity index is 1.85. The topological polar surface area (TPSA) is 64.4 Å². The lowest BCUT2D eigenvalue weighted by molar-refractivity contribution is -0.137. The molecule has 1 unspecified atom stereocenters. The molecule has 0 spiro atoms. The highest BCUT2D eigenvalue weighted by molar-refractivity contribution is 6.06. The minimum Gasteiger partial charge on any atom is -0.497 e. The van der Waals surface area contributed by atoms with Gasteiger partial charge in [-0.15, -0.1) is 0 Å². The van der Waals surface area contributed by atoms with Crippen molar-refractivity contribution in [1.29, 1.82) is 0 Å². The number of carbonyl (C=O) groups is 2. The van der Waals surface area contributed by atoms with Crippen LogP contribution in [0.15, 0.2) is 42.6 Å². The molecule has 2 aromatic carbocycles. The summed E-state index contributed by atoms with van der Waals surface area (Å²) in [5, 5.41) is 5.58. The Morgan fingerprint density at radius 1 is 1.15 bits per heavy atom.